The van der Waals surface area contributed by atoms with Crippen LogP contribution in [0.4, 0.5) is 4.39 Å². The van der Waals surface area contributed by atoms with Crippen LogP contribution in [0.5, 0.6) is 5.75 Å². The van der Waals surface area contributed by atoms with E-state index in [-0.39, 0.29) is 18.3 Å². The van der Waals surface area contributed by atoms with Gasteiger partial charge in [0.1, 0.15) is 23.8 Å². The zero-order chi connectivity index (χ0) is 19.6. The molecule has 0 aromatic heterocycles. The molecule has 0 bridgehead atoms. The molecule has 5 heteroatoms. The largest absolute Gasteiger partial charge is 0.491 e. The van der Waals surface area contributed by atoms with Crippen molar-refractivity contribution in [3.05, 3.63) is 64.5 Å². The molecule has 4 nitrogen and oxygen atoms in total. The third kappa shape index (κ3) is 4.48. The highest BCUT2D eigenvalue weighted by Crippen LogP contribution is 2.26. The maximum absolute atomic E-state index is 13.7. The smallest absolute Gasteiger partial charge is 0.253 e. The molecule has 2 aromatic carbocycles. The summed E-state index contributed by atoms with van der Waals surface area (Å²) < 4.78 is 19.5. The first-order valence-electron chi connectivity index (χ1n) is 9.25. The first-order valence-corrected chi connectivity index (χ1v) is 9.25. The van der Waals surface area contributed by atoms with Crippen LogP contribution in [-0.2, 0) is 0 Å². The molecule has 0 unspecified atom stereocenters. The molecule has 1 saturated heterocycles. The van der Waals surface area contributed by atoms with E-state index in [9.17, 15) is 14.3 Å². The molecule has 0 spiro atoms. The van der Waals surface area contributed by atoms with Crippen LogP contribution in [0.25, 0.3) is 0 Å². The maximum Gasteiger partial charge on any atom is 0.253 e. The molecule has 144 valence electrons. The normalized spacial score (nSPS) is 16.3. The molecule has 27 heavy (non-hydrogen) atoms. The van der Waals surface area contributed by atoms with Gasteiger partial charge in [0.05, 0.1) is 0 Å². The Balaban J connectivity index is 1.57. The first-order chi connectivity index (χ1) is 12.8. The Bertz CT molecular complexity index is 841. The summed E-state index contributed by atoms with van der Waals surface area (Å²) >= 11 is 0. The van der Waals surface area contributed by atoms with Crippen molar-refractivity contribution in [1.29, 1.82) is 0 Å². The number of amides is 1. The fourth-order valence-electron chi connectivity index (χ4n) is 3.20. The van der Waals surface area contributed by atoms with E-state index in [1.807, 2.05) is 32.0 Å². The predicted molar refractivity (Wildman–Crippen MR) is 103 cm³/mol. The highest BCUT2D eigenvalue weighted by atomic mass is 19.1. The Morgan fingerprint density at radius 3 is 2.37 bits per heavy atom. The van der Waals surface area contributed by atoms with E-state index in [4.69, 9.17) is 4.74 Å². The molecule has 0 aliphatic carbocycles. The molecule has 1 aliphatic heterocycles. The fraction of sp³-hybridized carbons (Fsp3) is 0.409. The quantitative estimate of drug-likeness (QED) is 0.889. The third-order valence-corrected chi connectivity index (χ3v) is 5.39. The monoisotopic (exact) mass is 371 g/mol. The van der Waals surface area contributed by atoms with Gasteiger partial charge in [-0.05, 0) is 74.6 Å². The van der Waals surface area contributed by atoms with Crippen molar-refractivity contribution in [2.45, 2.75) is 39.2 Å². The number of benzene rings is 2. The summed E-state index contributed by atoms with van der Waals surface area (Å²) in [7, 11) is 0. The number of carbonyl (C=O) groups is 1. The van der Waals surface area contributed by atoms with Crippen molar-refractivity contribution in [3.63, 3.8) is 0 Å². The Hall–Kier alpha value is -2.40. The van der Waals surface area contributed by atoms with Crippen molar-refractivity contribution in [1.82, 2.24) is 4.90 Å². The van der Waals surface area contributed by atoms with E-state index in [1.165, 1.54) is 11.6 Å². The number of rotatable bonds is 4. The molecule has 0 atom stereocenters. The van der Waals surface area contributed by atoms with Crippen molar-refractivity contribution in [2.75, 3.05) is 19.7 Å². The number of piperidine rings is 1. The van der Waals surface area contributed by atoms with E-state index in [0.717, 1.165) is 11.3 Å². The lowest BCUT2D eigenvalue weighted by molar-refractivity contribution is -0.0475. The molecule has 0 saturated carbocycles. The zero-order valence-electron chi connectivity index (χ0n) is 16.1. The van der Waals surface area contributed by atoms with Gasteiger partial charge in [-0.1, -0.05) is 12.1 Å². The van der Waals surface area contributed by atoms with E-state index in [2.05, 4.69) is 0 Å². The van der Waals surface area contributed by atoms with Crippen LogP contribution in [0, 0.1) is 26.6 Å². The predicted octanol–water partition coefficient (Wildman–Crippen LogP) is 3.80. The molecule has 1 fully saturated rings. The average molecular weight is 371 g/mol. The van der Waals surface area contributed by atoms with Gasteiger partial charge in [-0.2, -0.15) is 0 Å². The second-order valence-electron chi connectivity index (χ2n) is 7.52. The summed E-state index contributed by atoms with van der Waals surface area (Å²) in [5.74, 6) is 0.155. The SMILES string of the molecule is Cc1ccc(OCC2(O)CCN(C(=O)c3ccc(C)c(F)c3)CC2)cc1C. The van der Waals surface area contributed by atoms with Gasteiger partial charge in [-0.3, -0.25) is 4.79 Å². The summed E-state index contributed by atoms with van der Waals surface area (Å²) in [6, 6.07) is 10.4. The maximum atomic E-state index is 13.7. The lowest BCUT2D eigenvalue weighted by atomic mass is 9.92. The number of ether oxygens (including phenoxy) is 1. The average Bonchev–Trinajstić information content (AvgIpc) is 2.65. The van der Waals surface area contributed by atoms with Gasteiger partial charge in [0, 0.05) is 18.7 Å². The van der Waals surface area contributed by atoms with Crippen LogP contribution in [0.15, 0.2) is 36.4 Å². The van der Waals surface area contributed by atoms with Crippen molar-refractivity contribution < 1.29 is 19.0 Å². The van der Waals surface area contributed by atoms with E-state index in [1.54, 1.807) is 24.0 Å². The highest BCUT2D eigenvalue weighted by Gasteiger charge is 2.35. The van der Waals surface area contributed by atoms with Crippen LogP contribution in [0.3, 0.4) is 0 Å². The van der Waals surface area contributed by atoms with E-state index >= 15 is 0 Å². The minimum absolute atomic E-state index is 0.191. The Kier molecular flexibility index (Phi) is 5.51. The van der Waals surface area contributed by atoms with Crippen molar-refractivity contribution in [3.8, 4) is 5.75 Å². The number of hydrogen-bond acceptors (Lipinski definition) is 3. The summed E-state index contributed by atoms with van der Waals surface area (Å²) in [5.41, 5.74) is 2.23. The van der Waals surface area contributed by atoms with Crippen LogP contribution < -0.4 is 4.74 Å². The minimum atomic E-state index is -0.964. The standard InChI is InChI=1S/C22H26FNO3/c1-15-5-7-19(12-17(15)3)27-14-22(26)8-10-24(11-9-22)21(25)18-6-4-16(2)20(23)13-18/h4-7,12-13,26H,8-11,14H2,1-3H3. The Morgan fingerprint density at radius 2 is 1.74 bits per heavy atom. The number of likely N-dealkylation sites (tertiary alicyclic amines) is 1. The summed E-state index contributed by atoms with van der Waals surface area (Å²) in [4.78, 5) is 14.2. The lowest BCUT2D eigenvalue weighted by Gasteiger charge is -2.38. The Labute approximate surface area is 159 Å². The molecule has 0 radical (unpaired) electrons. The van der Waals surface area contributed by atoms with Gasteiger partial charge >= 0.3 is 0 Å². The van der Waals surface area contributed by atoms with Crippen LogP contribution in [-0.4, -0.2) is 41.2 Å². The summed E-state index contributed by atoms with van der Waals surface area (Å²) in [6.07, 6.45) is 0.857. The Morgan fingerprint density at radius 1 is 1.07 bits per heavy atom. The van der Waals surface area contributed by atoms with E-state index in [0.29, 0.717) is 37.1 Å². The molecule has 1 aliphatic rings. The molecular formula is C22H26FNO3. The molecule has 1 N–H and O–H groups in total. The van der Waals surface area contributed by atoms with Gasteiger partial charge < -0.3 is 14.7 Å². The van der Waals surface area contributed by atoms with Crippen LogP contribution >= 0.6 is 0 Å². The summed E-state index contributed by atoms with van der Waals surface area (Å²) in [5, 5.41) is 10.8. The van der Waals surface area contributed by atoms with Crippen LogP contribution in [0.2, 0.25) is 0 Å². The van der Waals surface area contributed by atoms with Gasteiger partial charge in [0.15, 0.2) is 0 Å². The molecule has 1 amide bonds. The molecule has 1 heterocycles. The zero-order valence-corrected chi connectivity index (χ0v) is 16.1. The molecule has 2 aromatic rings. The van der Waals surface area contributed by atoms with Crippen molar-refractivity contribution in [2.24, 2.45) is 0 Å². The first kappa shape index (κ1) is 19.4. The van der Waals surface area contributed by atoms with Crippen molar-refractivity contribution >= 4 is 5.91 Å². The second kappa shape index (κ2) is 7.69. The number of nitrogens with zero attached hydrogens (tertiary/aromatic N) is 1. The van der Waals surface area contributed by atoms with E-state index < -0.39 is 5.60 Å². The third-order valence-electron chi connectivity index (χ3n) is 5.39. The molecule has 3 rings (SSSR count). The van der Waals surface area contributed by atoms with Crippen LogP contribution in [0.1, 0.15) is 39.9 Å². The van der Waals surface area contributed by atoms with Gasteiger partial charge in [0.25, 0.3) is 5.91 Å². The number of halogens is 1. The topological polar surface area (TPSA) is 49.8 Å². The lowest BCUT2D eigenvalue weighted by Crippen LogP contribution is -2.49. The molecular weight excluding hydrogens is 345 g/mol. The minimum Gasteiger partial charge on any atom is -0.491 e. The highest BCUT2D eigenvalue weighted by molar-refractivity contribution is 5.94. The number of aryl methyl sites for hydroxylation is 3. The fourth-order valence-corrected chi connectivity index (χ4v) is 3.20. The van der Waals surface area contributed by atoms with Gasteiger partial charge in [-0.25, -0.2) is 4.39 Å². The second-order valence-corrected chi connectivity index (χ2v) is 7.52. The van der Waals surface area contributed by atoms with Gasteiger partial charge in [-0.15, -0.1) is 0 Å². The number of carbonyl (C=O) groups excluding carboxylic acids is 1. The number of hydrogen-bond donors (Lipinski definition) is 1. The van der Waals surface area contributed by atoms with Gasteiger partial charge in [0.2, 0.25) is 0 Å². The number of aliphatic hydroxyl groups is 1. The summed E-state index contributed by atoms with van der Waals surface area (Å²) in [6.45, 7) is 6.76.